The van der Waals surface area contributed by atoms with Crippen LogP contribution in [-0.4, -0.2) is 25.6 Å². The molecule has 1 aliphatic rings. The predicted octanol–water partition coefficient (Wildman–Crippen LogP) is 1.29. The molecule has 3 heteroatoms. The molecule has 1 heterocycles. The molecule has 0 bridgehead atoms. The highest BCUT2D eigenvalue weighted by molar-refractivity contribution is 5.96. The molecule has 0 N–H and O–H groups in total. The Morgan fingerprint density at radius 3 is 3.17 bits per heavy atom. The number of hydrogen-bond donors (Lipinski definition) is 0. The number of carbonyl (C=O) groups excluding carboxylic acids is 1. The number of carbonyl (C=O) groups is 1. The highest BCUT2D eigenvalue weighted by Gasteiger charge is 2.12. The molecule has 0 aliphatic carbocycles. The van der Waals surface area contributed by atoms with E-state index in [1.165, 1.54) is 0 Å². The van der Waals surface area contributed by atoms with Gasteiger partial charge in [0.05, 0.1) is 12.9 Å². The highest BCUT2D eigenvalue weighted by atomic mass is 16.5. The van der Waals surface area contributed by atoms with Crippen LogP contribution in [0.1, 0.15) is 19.8 Å². The lowest BCUT2D eigenvalue weighted by atomic mass is 10.1. The SMILES string of the molecule is CCOCC(=O)C1=COCCC1. The van der Waals surface area contributed by atoms with Gasteiger partial charge in [0.1, 0.15) is 6.61 Å². The van der Waals surface area contributed by atoms with Crippen LogP contribution in [0.2, 0.25) is 0 Å². The summed E-state index contributed by atoms with van der Waals surface area (Å²) in [5, 5.41) is 0. The fourth-order valence-electron chi connectivity index (χ4n) is 1.06. The topological polar surface area (TPSA) is 35.5 Å². The van der Waals surface area contributed by atoms with Gasteiger partial charge in [-0.05, 0) is 19.8 Å². The first-order valence-corrected chi connectivity index (χ1v) is 4.26. The van der Waals surface area contributed by atoms with E-state index in [0.717, 1.165) is 25.0 Å². The molecule has 0 amide bonds. The van der Waals surface area contributed by atoms with Crippen molar-refractivity contribution in [3.05, 3.63) is 11.8 Å². The van der Waals surface area contributed by atoms with Gasteiger partial charge in [0.15, 0.2) is 5.78 Å². The highest BCUT2D eigenvalue weighted by Crippen LogP contribution is 2.12. The van der Waals surface area contributed by atoms with Gasteiger partial charge in [-0.3, -0.25) is 4.79 Å². The summed E-state index contributed by atoms with van der Waals surface area (Å²) in [5.41, 5.74) is 0.759. The Labute approximate surface area is 72.4 Å². The Morgan fingerprint density at radius 1 is 1.75 bits per heavy atom. The van der Waals surface area contributed by atoms with Crippen LogP contribution in [0.15, 0.2) is 11.8 Å². The maximum Gasteiger partial charge on any atom is 0.187 e. The first-order chi connectivity index (χ1) is 5.84. The van der Waals surface area contributed by atoms with Crippen LogP contribution < -0.4 is 0 Å². The van der Waals surface area contributed by atoms with Gasteiger partial charge < -0.3 is 9.47 Å². The number of ether oxygens (including phenoxy) is 2. The predicted molar refractivity (Wildman–Crippen MR) is 44.8 cm³/mol. The van der Waals surface area contributed by atoms with Crippen LogP contribution in [0.4, 0.5) is 0 Å². The maximum atomic E-state index is 11.3. The van der Waals surface area contributed by atoms with Crippen molar-refractivity contribution in [1.29, 1.82) is 0 Å². The molecule has 0 aromatic heterocycles. The summed E-state index contributed by atoms with van der Waals surface area (Å²) in [6.07, 6.45) is 3.32. The molecule has 0 spiro atoms. The Bertz CT molecular complexity index is 184. The molecule has 0 aromatic rings. The van der Waals surface area contributed by atoms with Gasteiger partial charge in [0, 0.05) is 12.2 Å². The van der Waals surface area contributed by atoms with Crippen molar-refractivity contribution < 1.29 is 14.3 Å². The first kappa shape index (κ1) is 9.26. The third-order valence-corrected chi connectivity index (χ3v) is 1.73. The minimum Gasteiger partial charge on any atom is -0.501 e. The second-order valence-electron chi connectivity index (χ2n) is 2.68. The van der Waals surface area contributed by atoms with Crippen molar-refractivity contribution >= 4 is 5.78 Å². The summed E-state index contributed by atoms with van der Waals surface area (Å²) in [4.78, 5) is 11.3. The largest absolute Gasteiger partial charge is 0.501 e. The summed E-state index contributed by atoms with van der Waals surface area (Å²) < 4.78 is 10.0. The summed E-state index contributed by atoms with van der Waals surface area (Å²) in [6, 6.07) is 0. The van der Waals surface area contributed by atoms with Crippen LogP contribution >= 0.6 is 0 Å². The van der Waals surface area contributed by atoms with Gasteiger partial charge in [-0.15, -0.1) is 0 Å². The molecule has 3 nitrogen and oxygen atoms in total. The van der Waals surface area contributed by atoms with Gasteiger partial charge in [-0.1, -0.05) is 0 Å². The Balaban J connectivity index is 2.35. The monoisotopic (exact) mass is 170 g/mol. The van der Waals surface area contributed by atoms with E-state index in [0.29, 0.717) is 6.61 Å². The van der Waals surface area contributed by atoms with Gasteiger partial charge in [0.25, 0.3) is 0 Å². The molecule has 0 saturated carbocycles. The number of hydrogen-bond acceptors (Lipinski definition) is 3. The molecule has 1 rings (SSSR count). The summed E-state index contributed by atoms with van der Waals surface area (Å²) in [5.74, 6) is 0.0524. The molecule has 0 saturated heterocycles. The van der Waals surface area contributed by atoms with E-state index >= 15 is 0 Å². The third-order valence-electron chi connectivity index (χ3n) is 1.73. The van der Waals surface area contributed by atoms with Crippen molar-refractivity contribution in [2.45, 2.75) is 19.8 Å². The smallest absolute Gasteiger partial charge is 0.187 e. The third kappa shape index (κ3) is 2.66. The average molecular weight is 170 g/mol. The molecule has 12 heavy (non-hydrogen) atoms. The second kappa shape index (κ2) is 4.93. The lowest BCUT2D eigenvalue weighted by Crippen LogP contribution is -2.14. The Hall–Kier alpha value is -0.830. The standard InChI is InChI=1S/C9H14O3/c1-2-11-7-9(10)8-4-3-5-12-6-8/h6H,2-5,7H2,1H3. The molecule has 0 unspecified atom stereocenters. The molecule has 0 atom stereocenters. The molecule has 68 valence electrons. The minimum atomic E-state index is 0.0524. The first-order valence-electron chi connectivity index (χ1n) is 4.26. The molecule has 0 aromatic carbocycles. The molecular formula is C9H14O3. The quantitative estimate of drug-likeness (QED) is 0.637. The maximum absolute atomic E-state index is 11.3. The molecule has 0 fully saturated rings. The van der Waals surface area contributed by atoms with Crippen molar-refractivity contribution in [3.63, 3.8) is 0 Å². The lowest BCUT2D eigenvalue weighted by Gasteiger charge is -2.12. The second-order valence-corrected chi connectivity index (χ2v) is 2.68. The van der Waals surface area contributed by atoms with E-state index in [1.54, 1.807) is 6.26 Å². The molecular weight excluding hydrogens is 156 g/mol. The molecule has 1 aliphatic heterocycles. The van der Waals surface area contributed by atoms with Gasteiger partial charge in [-0.25, -0.2) is 0 Å². The fourth-order valence-corrected chi connectivity index (χ4v) is 1.06. The van der Waals surface area contributed by atoms with Gasteiger partial charge in [0.2, 0.25) is 0 Å². The van der Waals surface area contributed by atoms with Gasteiger partial charge >= 0.3 is 0 Å². The van der Waals surface area contributed by atoms with Crippen LogP contribution in [-0.2, 0) is 14.3 Å². The average Bonchev–Trinajstić information content (AvgIpc) is 2.15. The lowest BCUT2D eigenvalue weighted by molar-refractivity contribution is -0.120. The minimum absolute atomic E-state index is 0.0524. The van der Waals surface area contributed by atoms with E-state index in [-0.39, 0.29) is 12.4 Å². The number of Topliss-reactive ketones (excluding diaryl/α,β-unsaturated/α-hetero) is 1. The van der Waals surface area contributed by atoms with Crippen molar-refractivity contribution in [3.8, 4) is 0 Å². The summed E-state index contributed by atoms with van der Waals surface area (Å²) in [7, 11) is 0. The zero-order valence-electron chi connectivity index (χ0n) is 7.34. The van der Waals surface area contributed by atoms with Crippen LogP contribution in [0, 0.1) is 0 Å². The van der Waals surface area contributed by atoms with E-state index in [4.69, 9.17) is 9.47 Å². The number of rotatable bonds is 4. The van der Waals surface area contributed by atoms with Crippen molar-refractivity contribution in [2.24, 2.45) is 0 Å². The summed E-state index contributed by atoms with van der Waals surface area (Å²) in [6.45, 7) is 3.37. The van der Waals surface area contributed by atoms with Crippen molar-refractivity contribution in [1.82, 2.24) is 0 Å². The van der Waals surface area contributed by atoms with Crippen molar-refractivity contribution in [2.75, 3.05) is 19.8 Å². The van der Waals surface area contributed by atoms with E-state index in [2.05, 4.69) is 0 Å². The normalized spacial score (nSPS) is 16.6. The van der Waals surface area contributed by atoms with E-state index < -0.39 is 0 Å². The fraction of sp³-hybridized carbons (Fsp3) is 0.667. The van der Waals surface area contributed by atoms with Crippen LogP contribution in [0.3, 0.4) is 0 Å². The van der Waals surface area contributed by atoms with Crippen LogP contribution in [0.25, 0.3) is 0 Å². The van der Waals surface area contributed by atoms with E-state index in [9.17, 15) is 4.79 Å². The number of ketones is 1. The zero-order chi connectivity index (χ0) is 8.81. The van der Waals surface area contributed by atoms with E-state index in [1.807, 2.05) is 6.92 Å². The summed E-state index contributed by atoms with van der Waals surface area (Å²) >= 11 is 0. The van der Waals surface area contributed by atoms with Crippen LogP contribution in [0.5, 0.6) is 0 Å². The van der Waals surface area contributed by atoms with Gasteiger partial charge in [-0.2, -0.15) is 0 Å². The zero-order valence-corrected chi connectivity index (χ0v) is 7.34. The Kier molecular flexibility index (Phi) is 3.80. The molecule has 0 radical (unpaired) electrons. The Morgan fingerprint density at radius 2 is 2.58 bits per heavy atom.